The second kappa shape index (κ2) is 7.44. The molecule has 0 saturated carbocycles. The first-order valence-electron chi connectivity index (χ1n) is 8.25. The number of hydrogen-bond donors (Lipinski definition) is 4. The zero-order valence-corrected chi connectivity index (χ0v) is 14.1. The third kappa shape index (κ3) is 4.11. The second-order valence-electron chi connectivity index (χ2n) is 6.09. The zero-order valence-electron chi connectivity index (χ0n) is 14.1. The van der Waals surface area contributed by atoms with Crippen LogP contribution in [0.3, 0.4) is 0 Å². The van der Waals surface area contributed by atoms with Gasteiger partial charge in [0.25, 0.3) is 0 Å². The van der Waals surface area contributed by atoms with Gasteiger partial charge in [0, 0.05) is 17.2 Å². The number of benzene rings is 3. The summed E-state index contributed by atoms with van der Waals surface area (Å²) in [5.41, 5.74) is 2.13. The minimum atomic E-state index is -1.67. The molecule has 0 saturated heterocycles. The van der Waals surface area contributed by atoms with Gasteiger partial charge in [0.1, 0.15) is 11.5 Å². The van der Waals surface area contributed by atoms with Crippen molar-refractivity contribution in [2.75, 3.05) is 0 Å². The van der Waals surface area contributed by atoms with E-state index in [0.717, 1.165) is 11.1 Å². The van der Waals surface area contributed by atoms with Crippen LogP contribution in [-0.4, -0.2) is 26.2 Å². The average Bonchev–Trinajstić information content (AvgIpc) is 2.64. The molecule has 0 bridgehead atoms. The van der Waals surface area contributed by atoms with Gasteiger partial charge in [0.2, 0.25) is 0 Å². The van der Waals surface area contributed by atoms with E-state index in [4.69, 9.17) is 0 Å². The SMILES string of the molecule is OC1(O)C=CC(c2ccccc2)=CC1.Oc1cccc2c(O)cccc12. The molecule has 0 aromatic heterocycles. The smallest absolute Gasteiger partial charge is 0.186 e. The van der Waals surface area contributed by atoms with Gasteiger partial charge >= 0.3 is 0 Å². The van der Waals surface area contributed by atoms with Crippen LogP contribution in [0, 0.1) is 0 Å². The molecule has 132 valence electrons. The van der Waals surface area contributed by atoms with E-state index < -0.39 is 5.79 Å². The Labute approximate surface area is 151 Å². The van der Waals surface area contributed by atoms with E-state index in [1.54, 1.807) is 42.5 Å². The lowest BCUT2D eigenvalue weighted by atomic mass is 9.97. The zero-order chi connectivity index (χ0) is 18.6. The van der Waals surface area contributed by atoms with Gasteiger partial charge in [0.15, 0.2) is 5.79 Å². The Morgan fingerprint density at radius 1 is 0.692 bits per heavy atom. The molecule has 4 rings (SSSR count). The van der Waals surface area contributed by atoms with Crippen LogP contribution in [0.5, 0.6) is 11.5 Å². The van der Waals surface area contributed by atoms with Crippen molar-refractivity contribution in [3.8, 4) is 11.5 Å². The van der Waals surface area contributed by atoms with Crippen LogP contribution in [0.2, 0.25) is 0 Å². The molecule has 0 atom stereocenters. The van der Waals surface area contributed by atoms with Gasteiger partial charge in [-0.15, -0.1) is 0 Å². The number of aromatic hydroxyl groups is 2. The summed E-state index contributed by atoms with van der Waals surface area (Å²) in [6.07, 6.45) is 5.22. The molecule has 3 aromatic rings. The molecule has 0 radical (unpaired) electrons. The Hall–Kier alpha value is -3.08. The van der Waals surface area contributed by atoms with Gasteiger partial charge in [-0.05, 0) is 29.3 Å². The van der Waals surface area contributed by atoms with Crippen LogP contribution in [0.15, 0.2) is 85.0 Å². The van der Waals surface area contributed by atoms with E-state index >= 15 is 0 Å². The predicted molar refractivity (Wildman–Crippen MR) is 103 cm³/mol. The minimum absolute atomic E-state index is 0.198. The molecule has 26 heavy (non-hydrogen) atoms. The van der Waals surface area contributed by atoms with Crippen LogP contribution in [0.25, 0.3) is 16.3 Å². The van der Waals surface area contributed by atoms with Crippen LogP contribution >= 0.6 is 0 Å². The van der Waals surface area contributed by atoms with Crippen molar-refractivity contribution in [2.24, 2.45) is 0 Å². The van der Waals surface area contributed by atoms with E-state index in [9.17, 15) is 20.4 Å². The number of phenols is 2. The fourth-order valence-corrected chi connectivity index (χ4v) is 2.74. The normalized spacial score (nSPS) is 15.1. The van der Waals surface area contributed by atoms with Crippen LogP contribution < -0.4 is 0 Å². The number of rotatable bonds is 1. The molecule has 0 heterocycles. The summed E-state index contributed by atoms with van der Waals surface area (Å²) in [6, 6.07) is 20.0. The summed E-state index contributed by atoms with van der Waals surface area (Å²) >= 11 is 0. The van der Waals surface area contributed by atoms with Crippen molar-refractivity contribution in [2.45, 2.75) is 12.2 Å². The fourth-order valence-electron chi connectivity index (χ4n) is 2.74. The lowest BCUT2D eigenvalue weighted by Gasteiger charge is -2.19. The van der Waals surface area contributed by atoms with Gasteiger partial charge in [-0.2, -0.15) is 0 Å². The highest BCUT2D eigenvalue weighted by Crippen LogP contribution is 2.30. The molecular weight excluding hydrogens is 328 g/mol. The summed E-state index contributed by atoms with van der Waals surface area (Å²) < 4.78 is 0. The summed E-state index contributed by atoms with van der Waals surface area (Å²) in [6.45, 7) is 0. The molecule has 0 spiro atoms. The standard InChI is InChI=1S/C12H12O2.C10H8O2/c13-12(14)8-6-11(7-9-12)10-4-2-1-3-5-10;11-9-5-1-3-7-8(9)4-2-6-10(7)12/h1-8,13-14H,9H2;1-6,11-12H. The van der Waals surface area contributed by atoms with Gasteiger partial charge in [0.05, 0.1) is 0 Å². The number of hydrogen-bond acceptors (Lipinski definition) is 4. The van der Waals surface area contributed by atoms with Gasteiger partial charge in [-0.25, -0.2) is 0 Å². The maximum atomic E-state index is 9.38. The molecule has 1 aliphatic rings. The molecular formula is C22H20O4. The molecule has 4 N–H and O–H groups in total. The Morgan fingerprint density at radius 3 is 1.77 bits per heavy atom. The number of phenolic OH excluding ortho intramolecular Hbond substituents is 2. The highest BCUT2D eigenvalue weighted by atomic mass is 16.5. The molecule has 4 heteroatoms. The number of fused-ring (bicyclic) bond motifs is 1. The lowest BCUT2D eigenvalue weighted by Crippen LogP contribution is -2.25. The molecule has 1 aliphatic carbocycles. The Morgan fingerprint density at radius 2 is 1.27 bits per heavy atom. The van der Waals surface area contributed by atoms with Gasteiger partial charge in [-0.1, -0.05) is 66.7 Å². The molecule has 0 unspecified atom stereocenters. The summed E-state index contributed by atoms with van der Waals surface area (Å²) in [7, 11) is 0. The molecule has 3 aromatic carbocycles. The summed E-state index contributed by atoms with van der Waals surface area (Å²) in [4.78, 5) is 0. The first-order chi connectivity index (χ1) is 12.5. The van der Waals surface area contributed by atoms with Crippen LogP contribution in [0.1, 0.15) is 12.0 Å². The summed E-state index contributed by atoms with van der Waals surface area (Å²) in [5, 5.41) is 38.7. The second-order valence-corrected chi connectivity index (χ2v) is 6.09. The van der Waals surface area contributed by atoms with Crippen LogP contribution in [0.4, 0.5) is 0 Å². The highest BCUT2D eigenvalue weighted by molar-refractivity contribution is 5.92. The average molecular weight is 348 g/mol. The lowest BCUT2D eigenvalue weighted by molar-refractivity contribution is -0.114. The number of allylic oxidation sites excluding steroid dienone is 2. The van der Waals surface area contributed by atoms with Crippen LogP contribution in [-0.2, 0) is 0 Å². The predicted octanol–water partition coefficient (Wildman–Crippen LogP) is 3.96. The number of aliphatic hydroxyl groups is 2. The maximum absolute atomic E-state index is 9.38. The van der Waals surface area contributed by atoms with Crippen molar-refractivity contribution >= 4 is 16.3 Å². The monoisotopic (exact) mass is 348 g/mol. The molecule has 0 amide bonds. The largest absolute Gasteiger partial charge is 0.507 e. The molecule has 0 aliphatic heterocycles. The van der Waals surface area contributed by atoms with Gasteiger partial charge in [-0.3, -0.25) is 0 Å². The first-order valence-corrected chi connectivity index (χ1v) is 8.25. The highest BCUT2D eigenvalue weighted by Gasteiger charge is 2.20. The van der Waals surface area contributed by atoms with E-state index in [2.05, 4.69) is 0 Å². The Bertz CT molecular complexity index is 915. The molecule has 0 fully saturated rings. The Balaban J connectivity index is 0.000000152. The van der Waals surface area contributed by atoms with E-state index in [0.29, 0.717) is 10.8 Å². The van der Waals surface area contributed by atoms with Crippen molar-refractivity contribution < 1.29 is 20.4 Å². The van der Waals surface area contributed by atoms with Gasteiger partial charge < -0.3 is 20.4 Å². The Kier molecular flexibility index (Phi) is 5.07. The third-order valence-electron chi connectivity index (χ3n) is 4.14. The fraction of sp³-hybridized carbons (Fsp3) is 0.0909. The van der Waals surface area contributed by atoms with Crippen molar-refractivity contribution in [1.82, 2.24) is 0 Å². The van der Waals surface area contributed by atoms with Crippen molar-refractivity contribution in [3.05, 3.63) is 90.5 Å². The van der Waals surface area contributed by atoms with Crippen molar-refractivity contribution in [3.63, 3.8) is 0 Å². The topological polar surface area (TPSA) is 80.9 Å². The molecule has 4 nitrogen and oxygen atoms in total. The quantitative estimate of drug-likeness (QED) is 0.502. The van der Waals surface area contributed by atoms with E-state index in [1.165, 1.54) is 6.08 Å². The maximum Gasteiger partial charge on any atom is 0.186 e. The van der Waals surface area contributed by atoms with Crippen molar-refractivity contribution in [1.29, 1.82) is 0 Å². The van der Waals surface area contributed by atoms with E-state index in [-0.39, 0.29) is 17.9 Å². The summed E-state index contributed by atoms with van der Waals surface area (Å²) in [5.74, 6) is -1.27. The minimum Gasteiger partial charge on any atom is -0.507 e. The third-order valence-corrected chi connectivity index (χ3v) is 4.14. The van der Waals surface area contributed by atoms with E-state index in [1.807, 2.05) is 36.4 Å². The first kappa shape index (κ1) is 17.7.